The van der Waals surface area contributed by atoms with Crippen LogP contribution in [0.15, 0.2) is 48.5 Å². The first-order chi connectivity index (χ1) is 16.4. The summed E-state index contributed by atoms with van der Waals surface area (Å²) in [4.78, 5) is 40.9. The van der Waals surface area contributed by atoms with Gasteiger partial charge in [-0.15, -0.1) is 0 Å². The fourth-order valence-electron chi connectivity index (χ4n) is 4.99. The number of ether oxygens (including phenoxy) is 1. The number of rotatable bonds is 7. The number of benzene rings is 2. The Hall–Kier alpha value is -3.39. The molecule has 34 heavy (non-hydrogen) atoms. The zero-order chi connectivity index (χ0) is 24.2. The Labute approximate surface area is 199 Å². The van der Waals surface area contributed by atoms with Gasteiger partial charge in [0.1, 0.15) is 18.7 Å². The second kappa shape index (κ2) is 10.3. The lowest BCUT2D eigenvalue weighted by molar-refractivity contribution is -0.153. The van der Waals surface area contributed by atoms with Gasteiger partial charge in [0.05, 0.1) is 0 Å². The maximum absolute atomic E-state index is 13.2. The SMILES string of the molecule is CN(C)CC(NC(=O)OCC1c2ccccc2-c2ccccc21)C(=O)N1CCCC[C@@H]1C(=O)O. The number of fused-ring (bicyclic) bond motifs is 3. The molecule has 1 aliphatic carbocycles. The van der Waals surface area contributed by atoms with Crippen LogP contribution in [0.1, 0.15) is 36.3 Å². The minimum atomic E-state index is -1.02. The van der Waals surface area contributed by atoms with E-state index in [1.807, 2.05) is 36.4 Å². The molecule has 2 aromatic carbocycles. The first-order valence-electron chi connectivity index (χ1n) is 11.7. The van der Waals surface area contributed by atoms with Crippen molar-refractivity contribution in [2.45, 2.75) is 37.3 Å². The van der Waals surface area contributed by atoms with E-state index in [0.29, 0.717) is 13.0 Å². The molecule has 0 aromatic heterocycles. The Morgan fingerprint density at radius 3 is 2.26 bits per heavy atom. The highest BCUT2D eigenvalue weighted by Gasteiger charge is 2.37. The van der Waals surface area contributed by atoms with E-state index in [1.165, 1.54) is 4.90 Å². The molecular weight excluding hydrogens is 434 g/mol. The van der Waals surface area contributed by atoms with Crippen molar-refractivity contribution in [3.05, 3.63) is 59.7 Å². The largest absolute Gasteiger partial charge is 0.480 e. The minimum absolute atomic E-state index is 0.0837. The zero-order valence-corrected chi connectivity index (χ0v) is 19.6. The number of carbonyl (C=O) groups excluding carboxylic acids is 2. The fraction of sp³-hybridized carbons (Fsp3) is 0.423. The van der Waals surface area contributed by atoms with Gasteiger partial charge in [-0.1, -0.05) is 48.5 Å². The number of aliphatic carboxylic acids is 1. The summed E-state index contributed by atoms with van der Waals surface area (Å²) in [6.45, 7) is 0.752. The van der Waals surface area contributed by atoms with Crippen molar-refractivity contribution < 1.29 is 24.2 Å². The molecule has 4 rings (SSSR count). The van der Waals surface area contributed by atoms with Crippen molar-refractivity contribution in [2.75, 3.05) is 33.8 Å². The molecule has 180 valence electrons. The number of alkyl carbamates (subject to hydrolysis) is 1. The van der Waals surface area contributed by atoms with E-state index in [-0.39, 0.29) is 19.1 Å². The van der Waals surface area contributed by atoms with E-state index in [9.17, 15) is 19.5 Å². The van der Waals surface area contributed by atoms with Crippen LogP contribution in [-0.4, -0.2) is 78.8 Å². The second-order valence-electron chi connectivity index (χ2n) is 9.17. The van der Waals surface area contributed by atoms with E-state index >= 15 is 0 Å². The average molecular weight is 466 g/mol. The van der Waals surface area contributed by atoms with Gasteiger partial charge < -0.3 is 25.0 Å². The lowest BCUT2D eigenvalue weighted by atomic mass is 9.98. The molecule has 2 N–H and O–H groups in total. The van der Waals surface area contributed by atoms with Crippen LogP contribution in [-0.2, 0) is 14.3 Å². The van der Waals surface area contributed by atoms with Gasteiger partial charge in [0, 0.05) is 19.0 Å². The molecule has 2 aromatic rings. The van der Waals surface area contributed by atoms with Crippen LogP contribution >= 0.6 is 0 Å². The van der Waals surface area contributed by atoms with Gasteiger partial charge in [-0.25, -0.2) is 9.59 Å². The number of likely N-dealkylation sites (N-methyl/N-ethyl adjacent to an activating group) is 1. The maximum atomic E-state index is 13.2. The van der Waals surface area contributed by atoms with Crippen LogP contribution < -0.4 is 5.32 Å². The molecular formula is C26H31N3O5. The Kier molecular flexibility index (Phi) is 7.17. The lowest BCUT2D eigenvalue weighted by Crippen LogP contribution is -2.58. The number of carbonyl (C=O) groups is 3. The Bertz CT molecular complexity index is 1020. The van der Waals surface area contributed by atoms with Crippen LogP contribution in [0.5, 0.6) is 0 Å². The smallest absolute Gasteiger partial charge is 0.407 e. The van der Waals surface area contributed by atoms with Crippen molar-refractivity contribution in [1.29, 1.82) is 0 Å². The number of piperidine rings is 1. The Balaban J connectivity index is 1.45. The Morgan fingerprint density at radius 1 is 1.06 bits per heavy atom. The quantitative estimate of drug-likeness (QED) is 0.652. The van der Waals surface area contributed by atoms with Gasteiger partial charge in [-0.3, -0.25) is 4.79 Å². The van der Waals surface area contributed by atoms with Crippen LogP contribution in [0, 0.1) is 0 Å². The molecule has 0 spiro atoms. The highest BCUT2D eigenvalue weighted by atomic mass is 16.5. The van der Waals surface area contributed by atoms with Crippen LogP contribution in [0.2, 0.25) is 0 Å². The number of hydrogen-bond acceptors (Lipinski definition) is 5. The topological polar surface area (TPSA) is 99.2 Å². The van der Waals surface area contributed by atoms with E-state index in [1.54, 1.807) is 19.0 Å². The van der Waals surface area contributed by atoms with Crippen LogP contribution in [0.25, 0.3) is 11.1 Å². The molecule has 0 bridgehead atoms. The monoisotopic (exact) mass is 465 g/mol. The number of nitrogens with zero attached hydrogens (tertiary/aromatic N) is 2. The first kappa shape index (κ1) is 23.8. The summed E-state index contributed by atoms with van der Waals surface area (Å²) >= 11 is 0. The standard InChI is InChI=1S/C26H31N3O5/c1-28(2)15-22(24(30)29-14-8-7-13-23(29)25(31)32)27-26(33)34-16-21-19-11-5-3-9-17(19)18-10-4-6-12-20(18)21/h3-6,9-12,21-23H,7-8,13-16H2,1-2H3,(H,27,33)(H,31,32)/t22?,23-/m1/s1. The average Bonchev–Trinajstić information content (AvgIpc) is 3.15. The molecule has 1 aliphatic heterocycles. The summed E-state index contributed by atoms with van der Waals surface area (Å²) in [7, 11) is 3.59. The van der Waals surface area contributed by atoms with Gasteiger partial charge in [-0.05, 0) is 55.6 Å². The molecule has 1 saturated heterocycles. The predicted octanol–water partition coefficient (Wildman–Crippen LogP) is 2.92. The lowest BCUT2D eigenvalue weighted by Gasteiger charge is -2.36. The number of amides is 2. The van der Waals surface area contributed by atoms with Gasteiger partial charge in [0.25, 0.3) is 0 Å². The number of carboxylic acids is 1. The van der Waals surface area contributed by atoms with Crippen LogP contribution in [0.3, 0.4) is 0 Å². The van der Waals surface area contributed by atoms with E-state index in [2.05, 4.69) is 17.4 Å². The summed E-state index contributed by atoms with van der Waals surface area (Å²) in [6, 6.07) is 14.4. The summed E-state index contributed by atoms with van der Waals surface area (Å²) < 4.78 is 5.61. The fourth-order valence-corrected chi connectivity index (χ4v) is 4.99. The number of nitrogens with one attached hydrogen (secondary N) is 1. The molecule has 8 nitrogen and oxygen atoms in total. The summed E-state index contributed by atoms with van der Waals surface area (Å²) in [5.41, 5.74) is 4.49. The van der Waals surface area contributed by atoms with Gasteiger partial charge >= 0.3 is 12.1 Å². The first-order valence-corrected chi connectivity index (χ1v) is 11.7. The highest BCUT2D eigenvalue weighted by molar-refractivity contribution is 5.89. The number of hydrogen-bond donors (Lipinski definition) is 2. The van der Waals surface area contributed by atoms with Gasteiger partial charge in [-0.2, -0.15) is 0 Å². The third-order valence-corrected chi connectivity index (χ3v) is 6.55. The van der Waals surface area contributed by atoms with E-state index in [4.69, 9.17) is 4.74 Å². The van der Waals surface area contributed by atoms with Crippen molar-refractivity contribution in [2.24, 2.45) is 0 Å². The van der Waals surface area contributed by atoms with Gasteiger partial charge in [0.15, 0.2) is 0 Å². The second-order valence-corrected chi connectivity index (χ2v) is 9.17. The zero-order valence-electron chi connectivity index (χ0n) is 19.6. The molecule has 0 saturated carbocycles. The minimum Gasteiger partial charge on any atom is -0.480 e. The third-order valence-electron chi connectivity index (χ3n) is 6.55. The van der Waals surface area contributed by atoms with Gasteiger partial charge in [0.2, 0.25) is 5.91 Å². The van der Waals surface area contributed by atoms with Crippen molar-refractivity contribution in [1.82, 2.24) is 15.1 Å². The number of carboxylic acid groups (broad SMARTS) is 1. The van der Waals surface area contributed by atoms with Crippen molar-refractivity contribution >= 4 is 18.0 Å². The van der Waals surface area contributed by atoms with Crippen molar-refractivity contribution in [3.63, 3.8) is 0 Å². The molecule has 2 atom stereocenters. The summed E-state index contributed by atoms with van der Waals surface area (Å²) in [6.07, 6.45) is 1.24. The molecule has 0 radical (unpaired) electrons. The van der Waals surface area contributed by atoms with E-state index in [0.717, 1.165) is 35.1 Å². The van der Waals surface area contributed by atoms with Crippen LogP contribution in [0.4, 0.5) is 4.79 Å². The number of likely N-dealkylation sites (tertiary alicyclic amines) is 1. The normalized spacial score (nSPS) is 18.2. The van der Waals surface area contributed by atoms with Crippen molar-refractivity contribution in [3.8, 4) is 11.1 Å². The molecule has 1 fully saturated rings. The molecule has 1 heterocycles. The summed E-state index contributed by atoms with van der Waals surface area (Å²) in [5, 5.41) is 12.2. The molecule has 2 amide bonds. The van der Waals surface area contributed by atoms with E-state index < -0.39 is 30.1 Å². The molecule has 8 heteroatoms. The molecule has 1 unspecified atom stereocenters. The highest BCUT2D eigenvalue weighted by Crippen LogP contribution is 2.44. The maximum Gasteiger partial charge on any atom is 0.407 e. The third kappa shape index (κ3) is 4.92. The summed E-state index contributed by atoms with van der Waals surface area (Å²) in [5.74, 6) is -1.49. The predicted molar refractivity (Wildman–Crippen MR) is 128 cm³/mol. The molecule has 2 aliphatic rings. The Morgan fingerprint density at radius 2 is 1.68 bits per heavy atom.